The molecule has 0 unspecified atom stereocenters. The number of rotatable bonds is 8. The van der Waals surface area contributed by atoms with Gasteiger partial charge in [-0.25, -0.2) is 0 Å². The van der Waals surface area contributed by atoms with Gasteiger partial charge in [-0.15, -0.1) is 0 Å². The van der Waals surface area contributed by atoms with Gasteiger partial charge in [0.2, 0.25) is 0 Å². The van der Waals surface area contributed by atoms with Crippen molar-refractivity contribution in [3.8, 4) is 17.0 Å². The number of aromatic nitrogens is 1. The molecule has 0 radical (unpaired) electrons. The van der Waals surface area contributed by atoms with Crippen LogP contribution < -0.4 is 10.2 Å². The molecule has 1 aromatic rings. The molecule has 7 heteroatoms. The number of alkyl halides is 3. The van der Waals surface area contributed by atoms with Crippen molar-refractivity contribution in [3.05, 3.63) is 51.6 Å². The summed E-state index contributed by atoms with van der Waals surface area (Å²) in [4.78, 5) is 15.6. The lowest BCUT2D eigenvalue weighted by molar-refractivity contribution is -0.135. The summed E-state index contributed by atoms with van der Waals surface area (Å²) in [5, 5.41) is 1.50. The SMILES string of the molecule is O=c1cc(OCCCCCCCC(F)(F)F)cc2[nH]c3cc(Cl)ccc3cc1-2. The molecule has 0 fully saturated rings. The summed E-state index contributed by atoms with van der Waals surface area (Å²) in [6, 6.07) is 10.5. The Balaban J connectivity index is 1.55. The molecule has 28 heavy (non-hydrogen) atoms. The highest BCUT2D eigenvalue weighted by molar-refractivity contribution is 6.31. The summed E-state index contributed by atoms with van der Waals surface area (Å²) in [6.07, 6.45) is -1.79. The van der Waals surface area contributed by atoms with Crippen molar-refractivity contribution in [1.82, 2.24) is 4.98 Å². The Morgan fingerprint density at radius 1 is 0.964 bits per heavy atom. The minimum Gasteiger partial charge on any atom is -0.493 e. The Morgan fingerprint density at radius 2 is 1.71 bits per heavy atom. The van der Waals surface area contributed by atoms with Gasteiger partial charge in [0.1, 0.15) is 5.75 Å². The molecule has 3 nitrogen and oxygen atoms in total. The van der Waals surface area contributed by atoms with Crippen LogP contribution in [-0.4, -0.2) is 17.8 Å². The lowest BCUT2D eigenvalue weighted by Gasteiger charge is -2.11. The van der Waals surface area contributed by atoms with Crippen LogP contribution in [0.5, 0.6) is 5.75 Å². The van der Waals surface area contributed by atoms with Crippen molar-refractivity contribution in [1.29, 1.82) is 0 Å². The molecule has 150 valence electrons. The first-order valence-corrected chi connectivity index (χ1v) is 9.65. The Kier molecular flexibility index (Phi) is 6.50. The summed E-state index contributed by atoms with van der Waals surface area (Å²) in [7, 11) is 0. The number of H-pyrrole nitrogens is 1. The first-order chi connectivity index (χ1) is 13.3. The summed E-state index contributed by atoms with van der Waals surface area (Å²) < 4.78 is 41.9. The van der Waals surface area contributed by atoms with Crippen LogP contribution in [0.15, 0.2) is 41.2 Å². The van der Waals surface area contributed by atoms with E-state index in [0.29, 0.717) is 35.1 Å². The highest BCUT2D eigenvalue weighted by atomic mass is 35.5. The van der Waals surface area contributed by atoms with E-state index in [0.717, 1.165) is 30.2 Å². The Hall–Kier alpha value is -2.21. The largest absolute Gasteiger partial charge is 0.493 e. The third-order valence-corrected chi connectivity index (χ3v) is 4.81. The molecule has 1 aliphatic heterocycles. The average molecular weight is 412 g/mol. The molecular weight excluding hydrogens is 391 g/mol. The molecule has 0 saturated heterocycles. The Labute approximate surface area is 165 Å². The van der Waals surface area contributed by atoms with Gasteiger partial charge in [-0.3, -0.25) is 4.79 Å². The zero-order valence-electron chi connectivity index (χ0n) is 15.2. The van der Waals surface area contributed by atoms with Gasteiger partial charge in [0.05, 0.1) is 12.3 Å². The predicted molar refractivity (Wildman–Crippen MR) is 105 cm³/mol. The van der Waals surface area contributed by atoms with Crippen molar-refractivity contribution in [2.45, 2.75) is 44.7 Å². The standard InChI is InChI=1S/C21H21ClF3NO2/c22-15-7-6-14-10-17-19(26-18(14)11-15)12-16(13-20(17)27)28-9-5-3-1-2-4-8-21(23,24)25/h6-7,10-13,26H,1-5,8-9H2. The van der Waals surface area contributed by atoms with Gasteiger partial charge in [0, 0.05) is 34.7 Å². The molecule has 1 aromatic carbocycles. The van der Waals surface area contributed by atoms with Gasteiger partial charge in [-0.2, -0.15) is 13.2 Å². The first-order valence-electron chi connectivity index (χ1n) is 9.28. The van der Waals surface area contributed by atoms with Gasteiger partial charge in [0.15, 0.2) is 5.43 Å². The summed E-state index contributed by atoms with van der Waals surface area (Å²) in [5.41, 5.74) is 1.94. The molecule has 2 aliphatic rings. The van der Waals surface area contributed by atoms with Crippen LogP contribution >= 0.6 is 11.6 Å². The number of aromatic amines is 1. The number of benzene rings is 2. The molecule has 3 rings (SSSR count). The number of fused-ring (bicyclic) bond motifs is 2. The van der Waals surface area contributed by atoms with Gasteiger partial charge in [0.25, 0.3) is 0 Å². The number of hydrogen-bond acceptors (Lipinski definition) is 2. The van der Waals surface area contributed by atoms with Crippen LogP contribution in [0.4, 0.5) is 13.2 Å². The van der Waals surface area contributed by atoms with E-state index in [-0.39, 0.29) is 11.8 Å². The lowest BCUT2D eigenvalue weighted by Crippen LogP contribution is -2.08. The molecule has 0 spiro atoms. The van der Waals surface area contributed by atoms with E-state index in [4.69, 9.17) is 16.3 Å². The molecule has 0 aromatic heterocycles. The Morgan fingerprint density at radius 3 is 2.50 bits per heavy atom. The van der Waals surface area contributed by atoms with Crippen molar-refractivity contribution >= 4 is 22.5 Å². The van der Waals surface area contributed by atoms with Gasteiger partial charge in [-0.1, -0.05) is 36.9 Å². The highest BCUT2D eigenvalue weighted by Gasteiger charge is 2.25. The van der Waals surface area contributed by atoms with Crippen LogP contribution in [0.3, 0.4) is 0 Å². The van der Waals surface area contributed by atoms with Crippen LogP contribution in [0.2, 0.25) is 5.02 Å². The van der Waals surface area contributed by atoms with Gasteiger partial charge >= 0.3 is 6.18 Å². The Bertz CT molecular complexity index is 968. The lowest BCUT2D eigenvalue weighted by atomic mass is 10.1. The van der Waals surface area contributed by atoms with Crippen LogP contribution in [0.1, 0.15) is 38.5 Å². The van der Waals surface area contributed by atoms with Crippen molar-refractivity contribution in [3.63, 3.8) is 0 Å². The fraction of sp³-hybridized carbons (Fsp3) is 0.381. The van der Waals surface area contributed by atoms with E-state index in [1.807, 2.05) is 12.1 Å². The first kappa shape index (κ1) is 20.5. The molecule has 1 heterocycles. The molecule has 0 saturated carbocycles. The molecule has 0 bridgehead atoms. The van der Waals surface area contributed by atoms with E-state index >= 15 is 0 Å². The third kappa shape index (κ3) is 5.64. The molecule has 0 atom stereocenters. The van der Waals surface area contributed by atoms with Crippen molar-refractivity contribution < 1.29 is 17.9 Å². The second-order valence-electron chi connectivity index (χ2n) is 6.86. The topological polar surface area (TPSA) is 42.1 Å². The second kappa shape index (κ2) is 8.86. The maximum absolute atomic E-state index is 12.4. The maximum Gasteiger partial charge on any atom is 0.389 e. The van der Waals surface area contributed by atoms with E-state index in [2.05, 4.69) is 4.98 Å². The number of nitrogens with one attached hydrogen (secondary N) is 1. The van der Waals surface area contributed by atoms with Crippen LogP contribution in [0.25, 0.3) is 22.2 Å². The monoisotopic (exact) mass is 411 g/mol. The number of ether oxygens (including phenoxy) is 1. The molecule has 1 aliphatic carbocycles. The summed E-state index contributed by atoms with van der Waals surface area (Å²) >= 11 is 6.02. The third-order valence-electron chi connectivity index (χ3n) is 4.57. The number of unbranched alkanes of at least 4 members (excludes halogenated alkanes) is 4. The molecular formula is C21H21ClF3NO2. The molecule has 0 amide bonds. The van der Waals surface area contributed by atoms with Crippen LogP contribution in [-0.2, 0) is 0 Å². The highest BCUT2D eigenvalue weighted by Crippen LogP contribution is 2.27. The second-order valence-corrected chi connectivity index (χ2v) is 7.30. The van der Waals surface area contributed by atoms with E-state index < -0.39 is 12.6 Å². The fourth-order valence-corrected chi connectivity index (χ4v) is 3.32. The fourth-order valence-electron chi connectivity index (χ4n) is 3.15. The minimum atomic E-state index is -4.07. The average Bonchev–Trinajstić information content (AvgIpc) is 2.61. The quantitative estimate of drug-likeness (QED) is 0.336. The minimum absolute atomic E-state index is 0.132. The van der Waals surface area contributed by atoms with Gasteiger partial charge in [-0.05, 0) is 36.4 Å². The number of hydrogen-bond donors (Lipinski definition) is 1. The summed E-state index contributed by atoms with van der Waals surface area (Å²) in [5.74, 6) is 0.479. The normalized spacial score (nSPS) is 12.0. The number of halogens is 4. The predicted octanol–water partition coefficient (Wildman–Crippen LogP) is 6.57. The number of pyridine rings is 1. The maximum atomic E-state index is 12.4. The smallest absolute Gasteiger partial charge is 0.389 e. The van der Waals surface area contributed by atoms with Crippen molar-refractivity contribution in [2.75, 3.05) is 6.61 Å². The molecule has 1 N–H and O–H groups in total. The van der Waals surface area contributed by atoms with Gasteiger partial charge < -0.3 is 9.72 Å². The zero-order chi connectivity index (χ0) is 20.1. The van der Waals surface area contributed by atoms with E-state index in [9.17, 15) is 18.0 Å². The van der Waals surface area contributed by atoms with E-state index in [1.165, 1.54) is 6.07 Å². The van der Waals surface area contributed by atoms with E-state index in [1.54, 1.807) is 18.2 Å². The van der Waals surface area contributed by atoms with Crippen molar-refractivity contribution in [2.24, 2.45) is 0 Å². The van der Waals surface area contributed by atoms with Crippen LogP contribution in [0, 0.1) is 0 Å². The summed E-state index contributed by atoms with van der Waals surface area (Å²) in [6.45, 7) is 0.420. The zero-order valence-corrected chi connectivity index (χ0v) is 16.0.